The number of benzene rings is 1. The molecular weight excluding hydrogens is 378 g/mol. The van der Waals surface area contributed by atoms with Gasteiger partial charge in [0.25, 0.3) is 0 Å². The molecule has 2 unspecified atom stereocenters. The molecule has 1 aromatic carbocycles. The first kappa shape index (κ1) is 18.9. The number of para-hydroxylation sites is 1. The summed E-state index contributed by atoms with van der Waals surface area (Å²) in [6.45, 7) is 1.61. The van der Waals surface area contributed by atoms with E-state index in [4.69, 9.17) is 4.74 Å². The van der Waals surface area contributed by atoms with E-state index in [1.54, 1.807) is 12.3 Å². The molecule has 3 heterocycles. The maximum absolute atomic E-state index is 12.7. The van der Waals surface area contributed by atoms with E-state index in [-0.39, 0.29) is 17.9 Å². The molecule has 6 nitrogen and oxygen atoms in total. The third-order valence-electron chi connectivity index (χ3n) is 6.35. The average molecular weight is 403 g/mol. The molecule has 0 radical (unpaired) electrons. The number of likely N-dealkylation sites (tertiary alicyclic amines) is 1. The Bertz CT molecular complexity index is 974. The number of aryl methyl sites for hydroxylation is 1. The maximum atomic E-state index is 12.7. The van der Waals surface area contributed by atoms with Crippen molar-refractivity contribution in [1.29, 1.82) is 0 Å². The molecule has 1 saturated carbocycles. The fourth-order valence-electron chi connectivity index (χ4n) is 4.85. The minimum atomic E-state index is 0.00413. The molecule has 2 fully saturated rings. The van der Waals surface area contributed by atoms with Crippen molar-refractivity contribution < 1.29 is 14.3 Å². The van der Waals surface area contributed by atoms with E-state index in [1.807, 2.05) is 47.4 Å². The highest BCUT2D eigenvalue weighted by Crippen LogP contribution is 2.39. The molecule has 6 heteroatoms. The van der Waals surface area contributed by atoms with E-state index >= 15 is 0 Å². The van der Waals surface area contributed by atoms with Gasteiger partial charge in [-0.1, -0.05) is 18.2 Å². The van der Waals surface area contributed by atoms with Gasteiger partial charge in [0, 0.05) is 31.8 Å². The predicted molar refractivity (Wildman–Crippen MR) is 114 cm³/mol. The van der Waals surface area contributed by atoms with Crippen LogP contribution in [0.15, 0.2) is 48.7 Å². The van der Waals surface area contributed by atoms with Crippen LogP contribution >= 0.6 is 0 Å². The molecule has 1 aliphatic carbocycles. The van der Waals surface area contributed by atoms with E-state index in [0.29, 0.717) is 30.5 Å². The smallest absolute Gasteiger partial charge is 0.246 e. The van der Waals surface area contributed by atoms with Gasteiger partial charge in [-0.05, 0) is 66.5 Å². The number of anilines is 1. The lowest BCUT2D eigenvalue weighted by atomic mass is 10.0. The van der Waals surface area contributed by atoms with Crippen LogP contribution in [-0.4, -0.2) is 40.9 Å². The maximum Gasteiger partial charge on any atom is 0.246 e. The van der Waals surface area contributed by atoms with Crippen LogP contribution in [-0.2, 0) is 16.0 Å². The van der Waals surface area contributed by atoms with E-state index in [2.05, 4.69) is 10.3 Å². The first-order valence-electron chi connectivity index (χ1n) is 10.6. The average Bonchev–Trinajstić information content (AvgIpc) is 3.31. The van der Waals surface area contributed by atoms with Crippen molar-refractivity contribution in [3.05, 3.63) is 59.8 Å². The topological polar surface area (TPSA) is 71.5 Å². The molecule has 1 aromatic heterocycles. The summed E-state index contributed by atoms with van der Waals surface area (Å²) >= 11 is 0. The molecule has 2 amide bonds. The number of pyridine rings is 1. The third kappa shape index (κ3) is 3.95. The van der Waals surface area contributed by atoms with Gasteiger partial charge in [0.1, 0.15) is 11.6 Å². The number of carbonyl (C=O) groups excluding carboxylic acids is 2. The second-order valence-electron chi connectivity index (χ2n) is 8.45. The molecular formula is C24H25N3O3. The van der Waals surface area contributed by atoms with Gasteiger partial charge in [0.2, 0.25) is 11.8 Å². The summed E-state index contributed by atoms with van der Waals surface area (Å²) in [5.74, 6) is 2.65. The SMILES string of the molecule is O=C1CCc2cc(/C=C/C(=O)N3CC4CC(Oc5ccccc5)C[C@H]4C3)cnc2N1. The van der Waals surface area contributed by atoms with Crippen LogP contribution in [0, 0.1) is 11.8 Å². The van der Waals surface area contributed by atoms with Crippen LogP contribution in [0.2, 0.25) is 0 Å². The van der Waals surface area contributed by atoms with Gasteiger partial charge in [-0.2, -0.15) is 0 Å². The normalized spacial score (nSPS) is 25.1. The van der Waals surface area contributed by atoms with Crippen LogP contribution in [0.3, 0.4) is 0 Å². The summed E-state index contributed by atoms with van der Waals surface area (Å²) in [5.41, 5.74) is 1.90. The Morgan fingerprint density at radius 3 is 2.67 bits per heavy atom. The quantitative estimate of drug-likeness (QED) is 0.795. The van der Waals surface area contributed by atoms with Gasteiger partial charge < -0.3 is 15.0 Å². The number of fused-ring (bicyclic) bond motifs is 2. The van der Waals surface area contributed by atoms with Gasteiger partial charge in [-0.15, -0.1) is 0 Å². The standard InChI is InChI=1S/C24H25N3O3/c28-22-8-7-17-10-16(13-25-24(17)26-22)6-9-23(29)27-14-18-11-21(12-19(18)15-27)30-20-4-2-1-3-5-20/h1-6,9-10,13,18-19,21H,7-8,11-12,14-15H2,(H,25,26,28)/b9-6+/t18-,19?,21?/m0/s1. The summed E-state index contributed by atoms with van der Waals surface area (Å²) in [6, 6.07) is 12.0. The number of carbonyl (C=O) groups is 2. The summed E-state index contributed by atoms with van der Waals surface area (Å²) in [5, 5.41) is 2.78. The highest BCUT2D eigenvalue weighted by molar-refractivity contribution is 5.94. The predicted octanol–water partition coefficient (Wildman–Crippen LogP) is 3.30. The molecule has 1 N–H and O–H groups in total. The van der Waals surface area contributed by atoms with Crippen molar-refractivity contribution >= 4 is 23.7 Å². The van der Waals surface area contributed by atoms with Gasteiger partial charge in [-0.25, -0.2) is 4.98 Å². The molecule has 2 aromatic rings. The molecule has 30 heavy (non-hydrogen) atoms. The van der Waals surface area contributed by atoms with Gasteiger partial charge in [-0.3, -0.25) is 9.59 Å². The minimum Gasteiger partial charge on any atom is -0.490 e. The number of rotatable bonds is 4. The molecule has 0 spiro atoms. The third-order valence-corrected chi connectivity index (χ3v) is 6.35. The van der Waals surface area contributed by atoms with E-state index in [9.17, 15) is 9.59 Å². The summed E-state index contributed by atoms with van der Waals surface area (Å²) in [6.07, 6.45) is 8.58. The number of nitrogens with zero attached hydrogens (tertiary/aromatic N) is 2. The van der Waals surface area contributed by atoms with Crippen molar-refractivity contribution in [1.82, 2.24) is 9.88 Å². The molecule has 0 bridgehead atoms. The molecule has 3 atom stereocenters. The summed E-state index contributed by atoms with van der Waals surface area (Å²) < 4.78 is 6.11. The lowest BCUT2D eigenvalue weighted by molar-refractivity contribution is -0.125. The Labute approximate surface area is 175 Å². The molecule has 1 saturated heterocycles. The highest BCUT2D eigenvalue weighted by atomic mass is 16.5. The first-order valence-corrected chi connectivity index (χ1v) is 10.6. The van der Waals surface area contributed by atoms with Crippen molar-refractivity contribution in [2.75, 3.05) is 18.4 Å². The Morgan fingerprint density at radius 2 is 1.90 bits per heavy atom. The first-order chi connectivity index (χ1) is 14.6. The van der Waals surface area contributed by atoms with E-state index in [0.717, 1.165) is 42.8 Å². The van der Waals surface area contributed by atoms with Crippen molar-refractivity contribution in [3.63, 3.8) is 0 Å². The Balaban J connectivity index is 1.16. The van der Waals surface area contributed by atoms with E-state index in [1.165, 1.54) is 0 Å². The monoisotopic (exact) mass is 403 g/mol. The molecule has 154 valence electrons. The minimum absolute atomic E-state index is 0.00413. The van der Waals surface area contributed by atoms with Gasteiger partial charge in [0.05, 0.1) is 6.10 Å². The second-order valence-corrected chi connectivity index (χ2v) is 8.45. The van der Waals surface area contributed by atoms with Crippen molar-refractivity contribution in [2.24, 2.45) is 11.8 Å². The fourth-order valence-corrected chi connectivity index (χ4v) is 4.85. The van der Waals surface area contributed by atoms with Crippen molar-refractivity contribution in [2.45, 2.75) is 31.8 Å². The van der Waals surface area contributed by atoms with Gasteiger partial charge >= 0.3 is 0 Å². The zero-order valence-corrected chi connectivity index (χ0v) is 16.8. The van der Waals surface area contributed by atoms with Crippen molar-refractivity contribution in [3.8, 4) is 5.75 Å². The molecule has 2 aliphatic heterocycles. The van der Waals surface area contributed by atoms with Crippen LogP contribution in [0.4, 0.5) is 5.82 Å². The molecule has 5 rings (SSSR count). The number of amides is 2. The van der Waals surface area contributed by atoms with Crippen LogP contribution < -0.4 is 10.1 Å². The number of ether oxygens (including phenoxy) is 1. The summed E-state index contributed by atoms with van der Waals surface area (Å²) in [7, 11) is 0. The Morgan fingerprint density at radius 1 is 1.13 bits per heavy atom. The van der Waals surface area contributed by atoms with Crippen LogP contribution in [0.1, 0.15) is 30.4 Å². The fraction of sp³-hybridized carbons (Fsp3) is 0.375. The van der Waals surface area contributed by atoms with Crippen LogP contribution in [0.5, 0.6) is 5.75 Å². The number of nitrogens with one attached hydrogen (secondary N) is 1. The molecule has 3 aliphatic rings. The Kier molecular flexibility index (Phi) is 4.99. The van der Waals surface area contributed by atoms with E-state index < -0.39 is 0 Å². The zero-order chi connectivity index (χ0) is 20.5. The van der Waals surface area contributed by atoms with Gasteiger partial charge in [0.15, 0.2) is 0 Å². The number of hydrogen-bond acceptors (Lipinski definition) is 4. The zero-order valence-electron chi connectivity index (χ0n) is 16.8. The lowest BCUT2D eigenvalue weighted by Gasteiger charge is -2.19. The Hall–Kier alpha value is -3.15. The largest absolute Gasteiger partial charge is 0.490 e. The summed E-state index contributed by atoms with van der Waals surface area (Å²) in [4.78, 5) is 30.4. The highest BCUT2D eigenvalue weighted by Gasteiger charge is 2.42. The number of hydrogen-bond donors (Lipinski definition) is 1. The lowest BCUT2D eigenvalue weighted by Crippen LogP contribution is -2.29. The van der Waals surface area contributed by atoms with Crippen LogP contribution in [0.25, 0.3) is 6.08 Å². The number of aromatic nitrogens is 1. The second kappa shape index (κ2) is 7.94.